The molecule has 0 saturated heterocycles. The molecule has 8 nitrogen and oxygen atoms in total. The summed E-state index contributed by atoms with van der Waals surface area (Å²) in [6.45, 7) is 0. The summed E-state index contributed by atoms with van der Waals surface area (Å²) in [4.78, 5) is 22.0. The van der Waals surface area contributed by atoms with E-state index in [0.717, 1.165) is 19.3 Å². The van der Waals surface area contributed by atoms with Crippen molar-refractivity contribution in [2.24, 2.45) is 10.2 Å². The Morgan fingerprint density at radius 1 is 0.895 bits per heavy atom. The minimum atomic E-state index is -0.642. The van der Waals surface area contributed by atoms with Crippen molar-refractivity contribution >= 4 is 23.6 Å². The molecule has 1 fully saturated rings. The molecule has 106 valence electrons. The van der Waals surface area contributed by atoms with Crippen LogP contribution in [0.15, 0.2) is 10.2 Å². The van der Waals surface area contributed by atoms with Crippen molar-refractivity contribution in [2.75, 3.05) is 14.2 Å². The lowest BCUT2D eigenvalue weighted by molar-refractivity contribution is 0.170. The van der Waals surface area contributed by atoms with Crippen LogP contribution >= 0.6 is 0 Å². The van der Waals surface area contributed by atoms with Crippen LogP contribution in [0.3, 0.4) is 0 Å². The zero-order chi connectivity index (χ0) is 14.1. The molecule has 0 radical (unpaired) electrons. The zero-order valence-corrected chi connectivity index (χ0v) is 11.1. The molecule has 19 heavy (non-hydrogen) atoms. The van der Waals surface area contributed by atoms with Gasteiger partial charge in [0.2, 0.25) is 0 Å². The molecule has 0 spiro atoms. The monoisotopic (exact) mass is 270 g/mol. The minimum absolute atomic E-state index is 0.638. The second-order valence-corrected chi connectivity index (χ2v) is 3.88. The van der Waals surface area contributed by atoms with Crippen LogP contribution < -0.4 is 10.9 Å². The van der Waals surface area contributed by atoms with Crippen molar-refractivity contribution in [3.8, 4) is 0 Å². The third-order valence-electron chi connectivity index (χ3n) is 2.60. The van der Waals surface area contributed by atoms with Crippen molar-refractivity contribution in [3.05, 3.63) is 0 Å². The van der Waals surface area contributed by atoms with Crippen LogP contribution in [0.1, 0.15) is 32.1 Å². The molecule has 0 unspecified atom stereocenters. The van der Waals surface area contributed by atoms with E-state index in [1.54, 1.807) is 0 Å². The topological polar surface area (TPSA) is 101 Å². The molecule has 0 aliphatic heterocycles. The van der Waals surface area contributed by atoms with Gasteiger partial charge in [-0.1, -0.05) is 6.42 Å². The Morgan fingerprint density at radius 2 is 1.32 bits per heavy atom. The molecule has 0 aromatic carbocycles. The first-order valence-electron chi connectivity index (χ1n) is 5.98. The number of nitrogens with zero attached hydrogens (tertiary/aromatic N) is 2. The van der Waals surface area contributed by atoms with Gasteiger partial charge in [0.05, 0.1) is 25.6 Å². The van der Waals surface area contributed by atoms with Gasteiger partial charge < -0.3 is 9.47 Å². The summed E-state index contributed by atoms with van der Waals surface area (Å²) in [7, 11) is 2.52. The Hall–Kier alpha value is -2.12. The van der Waals surface area contributed by atoms with Crippen molar-refractivity contribution < 1.29 is 19.1 Å². The van der Waals surface area contributed by atoms with Crippen molar-refractivity contribution in [1.29, 1.82) is 0 Å². The standard InChI is InChI=1S/C11H18N4O4/c1-18-10(16)14-12-8-6-4-3-5-7-9(8)13-15-11(17)19-2/h3-7H2,1-2H3,(H,14,16)(H,15,17)/b12-8+,13-9+. The zero-order valence-electron chi connectivity index (χ0n) is 11.1. The maximum atomic E-state index is 11.0. The second kappa shape index (κ2) is 8.06. The molecule has 2 N–H and O–H groups in total. The number of ether oxygens (including phenoxy) is 2. The van der Waals surface area contributed by atoms with Gasteiger partial charge in [-0.15, -0.1) is 0 Å². The van der Waals surface area contributed by atoms with Gasteiger partial charge in [0.25, 0.3) is 0 Å². The molecule has 0 atom stereocenters. The molecule has 0 bridgehead atoms. The lowest BCUT2D eigenvalue weighted by Gasteiger charge is -2.06. The summed E-state index contributed by atoms with van der Waals surface area (Å²) < 4.78 is 8.87. The van der Waals surface area contributed by atoms with Crippen LogP contribution in [-0.4, -0.2) is 37.8 Å². The van der Waals surface area contributed by atoms with Gasteiger partial charge >= 0.3 is 12.2 Å². The average Bonchev–Trinajstić information content (AvgIpc) is 2.67. The number of nitrogens with one attached hydrogen (secondary N) is 2. The molecular weight excluding hydrogens is 252 g/mol. The number of rotatable bonds is 2. The maximum Gasteiger partial charge on any atom is 0.427 e. The number of hydrogen-bond acceptors (Lipinski definition) is 6. The molecule has 1 aliphatic rings. The first-order chi connectivity index (χ1) is 9.17. The van der Waals surface area contributed by atoms with Gasteiger partial charge in [-0.25, -0.2) is 20.4 Å². The van der Waals surface area contributed by atoms with E-state index in [-0.39, 0.29) is 0 Å². The van der Waals surface area contributed by atoms with E-state index < -0.39 is 12.2 Å². The summed E-state index contributed by atoms with van der Waals surface area (Å²) in [5.41, 5.74) is 5.80. The Balaban J connectivity index is 2.76. The third-order valence-corrected chi connectivity index (χ3v) is 2.60. The fraction of sp³-hybridized carbons (Fsp3) is 0.636. The van der Waals surface area contributed by atoms with Crippen molar-refractivity contribution in [3.63, 3.8) is 0 Å². The number of hydrogen-bond donors (Lipinski definition) is 2. The summed E-state index contributed by atoms with van der Waals surface area (Å²) in [6, 6.07) is 0. The highest BCUT2D eigenvalue weighted by Crippen LogP contribution is 2.13. The first kappa shape index (κ1) is 14.9. The Labute approximate surface area is 111 Å². The highest BCUT2D eigenvalue weighted by molar-refractivity contribution is 6.42. The van der Waals surface area contributed by atoms with Crippen LogP contribution in [0.2, 0.25) is 0 Å². The van der Waals surface area contributed by atoms with Gasteiger partial charge in [0.1, 0.15) is 0 Å². The number of carbonyl (C=O) groups excluding carboxylic acids is 2. The highest BCUT2D eigenvalue weighted by Gasteiger charge is 2.15. The van der Waals surface area contributed by atoms with Crippen molar-refractivity contribution in [1.82, 2.24) is 10.9 Å². The molecule has 1 rings (SSSR count). The summed E-state index contributed by atoms with van der Waals surface area (Å²) in [5.74, 6) is 0. The third kappa shape index (κ3) is 5.36. The van der Waals surface area contributed by atoms with E-state index in [9.17, 15) is 9.59 Å². The van der Waals surface area contributed by atoms with Crippen LogP contribution in [-0.2, 0) is 9.47 Å². The fourth-order valence-corrected chi connectivity index (χ4v) is 1.61. The van der Waals surface area contributed by atoms with Crippen LogP contribution in [0.25, 0.3) is 0 Å². The molecule has 1 aliphatic carbocycles. The Morgan fingerprint density at radius 3 is 1.68 bits per heavy atom. The van der Waals surface area contributed by atoms with Crippen molar-refractivity contribution in [2.45, 2.75) is 32.1 Å². The first-order valence-corrected chi connectivity index (χ1v) is 5.98. The normalized spacial score (nSPS) is 19.7. The van der Waals surface area contributed by atoms with E-state index >= 15 is 0 Å². The molecule has 0 heterocycles. The van der Waals surface area contributed by atoms with Crippen LogP contribution in [0.5, 0.6) is 0 Å². The Kier molecular flexibility index (Phi) is 6.34. The van der Waals surface area contributed by atoms with E-state index in [0.29, 0.717) is 24.3 Å². The lowest BCUT2D eigenvalue weighted by atomic mass is 10.1. The molecule has 0 aromatic heterocycles. The van der Waals surface area contributed by atoms with Gasteiger partial charge in [0, 0.05) is 0 Å². The van der Waals surface area contributed by atoms with Gasteiger partial charge in [-0.3, -0.25) is 0 Å². The van der Waals surface area contributed by atoms with E-state index in [4.69, 9.17) is 0 Å². The maximum absolute atomic E-state index is 11.0. The predicted molar refractivity (Wildman–Crippen MR) is 69.0 cm³/mol. The van der Waals surface area contributed by atoms with E-state index in [1.807, 2.05) is 0 Å². The quantitative estimate of drug-likeness (QED) is 0.584. The summed E-state index contributed by atoms with van der Waals surface area (Å²) >= 11 is 0. The number of hydrazone groups is 2. The smallest absolute Gasteiger partial charge is 0.427 e. The van der Waals surface area contributed by atoms with Gasteiger partial charge in [0.15, 0.2) is 0 Å². The molecule has 2 amide bonds. The molecule has 1 saturated carbocycles. The van der Waals surface area contributed by atoms with Crippen LogP contribution in [0.4, 0.5) is 9.59 Å². The number of amides is 2. The van der Waals surface area contributed by atoms with Gasteiger partial charge in [-0.05, 0) is 25.7 Å². The van der Waals surface area contributed by atoms with Gasteiger partial charge in [-0.2, -0.15) is 10.2 Å². The average molecular weight is 270 g/mol. The second-order valence-electron chi connectivity index (χ2n) is 3.88. The van der Waals surface area contributed by atoms with Crippen LogP contribution in [0, 0.1) is 0 Å². The number of carbonyl (C=O) groups is 2. The summed E-state index contributed by atoms with van der Waals surface area (Å²) in [6.07, 6.45) is 3.05. The van der Waals surface area contributed by atoms with E-state index in [1.165, 1.54) is 14.2 Å². The Bertz CT molecular complexity index is 356. The largest absolute Gasteiger partial charge is 0.452 e. The SMILES string of the molecule is COC(=O)N/N=C1\CCCCC\C1=N/NC(=O)OC. The molecule has 0 aromatic rings. The fourth-order valence-electron chi connectivity index (χ4n) is 1.61. The predicted octanol–water partition coefficient (Wildman–Crippen LogP) is 1.37. The lowest BCUT2D eigenvalue weighted by Crippen LogP contribution is -2.26. The highest BCUT2D eigenvalue weighted by atomic mass is 16.5. The number of methoxy groups -OCH3 is 2. The van der Waals surface area contributed by atoms with E-state index in [2.05, 4.69) is 30.5 Å². The molecule has 8 heteroatoms. The summed E-state index contributed by atoms with van der Waals surface area (Å²) in [5, 5.41) is 7.94. The molecular formula is C11H18N4O4. The minimum Gasteiger partial charge on any atom is -0.452 e.